The lowest BCUT2D eigenvalue weighted by atomic mass is 9.95. The number of nitrogens with one attached hydrogen (secondary N) is 1. The van der Waals surface area contributed by atoms with Crippen molar-refractivity contribution in [2.45, 2.75) is 51.0 Å². The topological polar surface area (TPSA) is 69.0 Å². The number of nitrogens with zero attached hydrogens (tertiary/aromatic N) is 3. The van der Waals surface area contributed by atoms with Crippen molar-refractivity contribution < 1.29 is 4.79 Å². The summed E-state index contributed by atoms with van der Waals surface area (Å²) in [5.41, 5.74) is 3.00. The zero-order chi connectivity index (χ0) is 15.8. The van der Waals surface area contributed by atoms with Gasteiger partial charge in [0.2, 0.25) is 5.91 Å². The number of rotatable bonds is 4. The smallest absolute Gasteiger partial charge is 0.223 e. The van der Waals surface area contributed by atoms with Gasteiger partial charge in [-0.15, -0.1) is 0 Å². The summed E-state index contributed by atoms with van der Waals surface area (Å²) < 4.78 is 0. The predicted molar refractivity (Wildman–Crippen MR) is 86.9 cm³/mol. The van der Waals surface area contributed by atoms with E-state index < -0.39 is 0 Å². The molecule has 1 amide bonds. The van der Waals surface area contributed by atoms with Crippen LogP contribution in [0.15, 0.2) is 6.07 Å². The number of anilines is 1. The highest BCUT2D eigenvalue weighted by atomic mass is 16.2. The minimum absolute atomic E-state index is 0.290. The minimum atomic E-state index is 0.290. The van der Waals surface area contributed by atoms with Gasteiger partial charge in [-0.2, -0.15) is 5.26 Å². The fourth-order valence-corrected chi connectivity index (χ4v) is 3.78. The van der Waals surface area contributed by atoms with Gasteiger partial charge in [-0.05, 0) is 50.2 Å². The van der Waals surface area contributed by atoms with Gasteiger partial charge in [-0.25, -0.2) is 4.98 Å². The van der Waals surface area contributed by atoms with Crippen LogP contribution in [0, 0.1) is 17.2 Å². The fraction of sp³-hybridized carbons (Fsp3) is 0.611. The molecule has 1 aromatic heterocycles. The van der Waals surface area contributed by atoms with Gasteiger partial charge in [0.15, 0.2) is 0 Å². The van der Waals surface area contributed by atoms with Gasteiger partial charge in [0.05, 0.1) is 5.56 Å². The molecule has 2 fully saturated rings. The molecule has 0 radical (unpaired) electrons. The first-order chi connectivity index (χ1) is 11.2. The van der Waals surface area contributed by atoms with Gasteiger partial charge in [-0.1, -0.05) is 0 Å². The standard InChI is InChI=1S/C18H22N4O/c19-9-14-8-13-3-1-2-4-16(13)21-18(14)20-10-12-7-17(23)22(11-12)15-5-6-15/h8,12,15H,1-7,10-11H2,(H,20,21). The van der Waals surface area contributed by atoms with E-state index in [0.29, 0.717) is 35.7 Å². The maximum Gasteiger partial charge on any atom is 0.223 e. The summed E-state index contributed by atoms with van der Waals surface area (Å²) >= 11 is 0. The highest BCUT2D eigenvalue weighted by molar-refractivity contribution is 5.79. The van der Waals surface area contributed by atoms with Crippen molar-refractivity contribution in [3.63, 3.8) is 0 Å². The average molecular weight is 310 g/mol. The molecule has 1 saturated heterocycles. The molecule has 1 saturated carbocycles. The number of nitriles is 1. The van der Waals surface area contributed by atoms with Crippen molar-refractivity contribution in [1.29, 1.82) is 5.26 Å². The van der Waals surface area contributed by atoms with E-state index in [2.05, 4.69) is 11.4 Å². The van der Waals surface area contributed by atoms with Crippen molar-refractivity contribution in [1.82, 2.24) is 9.88 Å². The Hall–Kier alpha value is -2.09. The largest absolute Gasteiger partial charge is 0.369 e. The molecule has 2 heterocycles. The van der Waals surface area contributed by atoms with Gasteiger partial charge < -0.3 is 10.2 Å². The molecule has 1 aromatic rings. The van der Waals surface area contributed by atoms with Crippen LogP contribution in [0.3, 0.4) is 0 Å². The molecule has 2 aliphatic carbocycles. The molecule has 1 aliphatic heterocycles. The second-order valence-electron chi connectivity index (χ2n) is 7.04. The molecule has 1 atom stereocenters. The first-order valence-corrected chi connectivity index (χ1v) is 8.71. The average Bonchev–Trinajstić information content (AvgIpc) is 3.35. The third-order valence-corrected chi connectivity index (χ3v) is 5.21. The van der Waals surface area contributed by atoms with Crippen LogP contribution in [0.5, 0.6) is 0 Å². The molecule has 1 N–H and O–H groups in total. The Labute approximate surface area is 136 Å². The second-order valence-corrected chi connectivity index (χ2v) is 7.04. The lowest BCUT2D eigenvalue weighted by Gasteiger charge is -2.19. The maximum atomic E-state index is 12.0. The van der Waals surface area contributed by atoms with Crippen molar-refractivity contribution in [2.24, 2.45) is 5.92 Å². The Morgan fingerprint density at radius 1 is 1.35 bits per heavy atom. The SMILES string of the molecule is N#Cc1cc2c(nc1NCC1CC(=O)N(C3CC3)C1)CCCC2. The molecular weight excluding hydrogens is 288 g/mol. The zero-order valence-corrected chi connectivity index (χ0v) is 13.3. The van der Waals surface area contributed by atoms with Gasteiger partial charge >= 0.3 is 0 Å². The summed E-state index contributed by atoms with van der Waals surface area (Å²) in [6, 6.07) is 4.77. The van der Waals surface area contributed by atoms with E-state index in [0.717, 1.165) is 44.5 Å². The first-order valence-electron chi connectivity index (χ1n) is 8.71. The van der Waals surface area contributed by atoms with Crippen LogP contribution in [-0.4, -0.2) is 34.9 Å². The number of likely N-dealkylation sites (tertiary alicyclic amines) is 1. The maximum absolute atomic E-state index is 12.0. The third kappa shape index (κ3) is 2.90. The van der Waals surface area contributed by atoms with Gasteiger partial charge in [0.1, 0.15) is 11.9 Å². The summed E-state index contributed by atoms with van der Waals surface area (Å²) in [4.78, 5) is 18.8. The number of aromatic nitrogens is 1. The summed E-state index contributed by atoms with van der Waals surface area (Å²) in [6.07, 6.45) is 7.36. The van der Waals surface area contributed by atoms with Crippen LogP contribution in [0.25, 0.3) is 0 Å². The second kappa shape index (κ2) is 5.84. The zero-order valence-electron chi connectivity index (χ0n) is 13.3. The molecule has 5 nitrogen and oxygen atoms in total. The molecule has 4 rings (SSSR count). The van der Waals surface area contributed by atoms with E-state index in [9.17, 15) is 10.1 Å². The quantitative estimate of drug-likeness (QED) is 0.926. The minimum Gasteiger partial charge on any atom is -0.369 e. The molecule has 3 aliphatic rings. The van der Waals surface area contributed by atoms with Gasteiger partial charge in [-0.3, -0.25) is 4.79 Å². The summed E-state index contributed by atoms with van der Waals surface area (Å²) in [6.45, 7) is 1.57. The highest BCUT2D eigenvalue weighted by Crippen LogP contribution is 2.33. The number of carbonyl (C=O) groups is 1. The van der Waals surface area contributed by atoms with Crippen LogP contribution in [0.2, 0.25) is 0 Å². The van der Waals surface area contributed by atoms with E-state index >= 15 is 0 Å². The van der Waals surface area contributed by atoms with E-state index in [4.69, 9.17) is 4.98 Å². The van der Waals surface area contributed by atoms with E-state index in [1.807, 2.05) is 11.0 Å². The van der Waals surface area contributed by atoms with Crippen molar-refractivity contribution in [3.8, 4) is 6.07 Å². The van der Waals surface area contributed by atoms with E-state index in [1.54, 1.807) is 0 Å². The normalized spacial score (nSPS) is 23.5. The number of fused-ring (bicyclic) bond motifs is 1. The molecule has 1 unspecified atom stereocenters. The molecule has 0 bridgehead atoms. The van der Waals surface area contributed by atoms with Crippen LogP contribution >= 0.6 is 0 Å². The predicted octanol–water partition coefficient (Wildman–Crippen LogP) is 2.25. The molecular formula is C18H22N4O. The van der Waals surface area contributed by atoms with E-state index in [1.165, 1.54) is 18.4 Å². The van der Waals surface area contributed by atoms with Crippen molar-refractivity contribution >= 4 is 11.7 Å². The highest BCUT2D eigenvalue weighted by Gasteiger charge is 2.39. The first kappa shape index (κ1) is 14.5. The number of pyridine rings is 1. The number of hydrogen-bond acceptors (Lipinski definition) is 4. The number of hydrogen-bond donors (Lipinski definition) is 1. The van der Waals surface area contributed by atoms with E-state index in [-0.39, 0.29) is 0 Å². The van der Waals surface area contributed by atoms with Crippen molar-refractivity contribution in [2.75, 3.05) is 18.4 Å². The summed E-state index contributed by atoms with van der Waals surface area (Å²) in [7, 11) is 0. The molecule has 5 heteroatoms. The fourth-order valence-electron chi connectivity index (χ4n) is 3.78. The Kier molecular flexibility index (Phi) is 3.68. The Morgan fingerprint density at radius 2 is 2.17 bits per heavy atom. The summed E-state index contributed by atoms with van der Waals surface area (Å²) in [5.74, 6) is 1.32. The molecule has 0 aromatic carbocycles. The van der Waals surface area contributed by atoms with Gasteiger partial charge in [0.25, 0.3) is 0 Å². The number of carbonyl (C=O) groups excluding carboxylic acids is 1. The molecule has 120 valence electrons. The molecule has 23 heavy (non-hydrogen) atoms. The van der Waals surface area contributed by atoms with Crippen LogP contribution in [-0.2, 0) is 17.6 Å². The van der Waals surface area contributed by atoms with Crippen LogP contribution in [0.1, 0.15) is 48.9 Å². The van der Waals surface area contributed by atoms with Crippen LogP contribution in [0.4, 0.5) is 5.82 Å². The van der Waals surface area contributed by atoms with Gasteiger partial charge in [0, 0.05) is 37.2 Å². The molecule has 0 spiro atoms. The Balaban J connectivity index is 1.44. The lowest BCUT2D eigenvalue weighted by molar-refractivity contribution is -0.128. The summed E-state index contributed by atoms with van der Waals surface area (Å²) in [5, 5.41) is 12.7. The lowest BCUT2D eigenvalue weighted by Crippen LogP contribution is -2.28. The third-order valence-electron chi connectivity index (χ3n) is 5.21. The number of aryl methyl sites for hydroxylation is 2. The Morgan fingerprint density at radius 3 is 2.96 bits per heavy atom. The van der Waals surface area contributed by atoms with Crippen LogP contribution < -0.4 is 5.32 Å². The number of amides is 1. The van der Waals surface area contributed by atoms with Crippen molar-refractivity contribution in [3.05, 3.63) is 22.9 Å². The monoisotopic (exact) mass is 310 g/mol. The Bertz CT molecular complexity index is 674.